The van der Waals surface area contributed by atoms with Crippen molar-refractivity contribution in [2.75, 3.05) is 0 Å². The second-order valence-corrected chi connectivity index (χ2v) is 3.65. The summed E-state index contributed by atoms with van der Waals surface area (Å²) in [7, 11) is 0. The monoisotopic (exact) mass is 216 g/mol. The Morgan fingerprint density at radius 3 is 2.31 bits per heavy atom. The maximum Gasteiger partial charge on any atom is 0.321 e. The van der Waals surface area contributed by atoms with Crippen LogP contribution in [0.15, 0.2) is 30.6 Å². The number of phenolic OH excluding ortho intramolecular Hbond substituents is 1. The van der Waals surface area contributed by atoms with Gasteiger partial charge in [-0.05, 0) is 37.1 Å². The highest BCUT2D eigenvalue weighted by Crippen LogP contribution is 2.24. The van der Waals surface area contributed by atoms with Gasteiger partial charge in [-0.1, -0.05) is 0 Å². The molecule has 16 heavy (non-hydrogen) atoms. The highest BCUT2D eigenvalue weighted by atomic mass is 16.5. The molecule has 2 rings (SSSR count). The van der Waals surface area contributed by atoms with Crippen molar-refractivity contribution in [2.45, 2.75) is 13.8 Å². The topological polar surface area (TPSA) is 55.2 Å². The van der Waals surface area contributed by atoms with E-state index in [2.05, 4.69) is 9.97 Å². The number of hydrogen-bond acceptors (Lipinski definition) is 4. The molecule has 0 spiro atoms. The van der Waals surface area contributed by atoms with E-state index in [4.69, 9.17) is 4.74 Å². The minimum Gasteiger partial charge on any atom is -0.508 e. The molecule has 0 fully saturated rings. The number of hydrogen-bond donors (Lipinski definition) is 1. The van der Waals surface area contributed by atoms with Crippen molar-refractivity contribution >= 4 is 0 Å². The predicted octanol–water partition coefficient (Wildman–Crippen LogP) is 2.59. The van der Waals surface area contributed by atoms with Crippen LogP contribution in [0.25, 0.3) is 0 Å². The van der Waals surface area contributed by atoms with Crippen molar-refractivity contribution in [1.82, 2.24) is 9.97 Å². The summed E-state index contributed by atoms with van der Waals surface area (Å²) in [5, 5.41) is 9.40. The lowest BCUT2D eigenvalue weighted by Gasteiger charge is -2.05. The third kappa shape index (κ3) is 2.48. The molecule has 0 radical (unpaired) electrons. The van der Waals surface area contributed by atoms with E-state index in [-0.39, 0.29) is 11.8 Å². The SMILES string of the molecule is Cc1cnc(Oc2cc(C)cc(O)c2)nc1. The fraction of sp³-hybridized carbons (Fsp3) is 0.167. The minimum atomic E-state index is 0.169. The average Bonchev–Trinajstić information content (AvgIpc) is 2.20. The van der Waals surface area contributed by atoms with Crippen molar-refractivity contribution in [3.8, 4) is 17.5 Å². The van der Waals surface area contributed by atoms with Crippen molar-refractivity contribution in [3.63, 3.8) is 0 Å². The molecule has 82 valence electrons. The molecule has 4 heteroatoms. The number of aromatic hydroxyl groups is 1. The maximum absolute atomic E-state index is 9.40. The van der Waals surface area contributed by atoms with Crippen molar-refractivity contribution in [1.29, 1.82) is 0 Å². The van der Waals surface area contributed by atoms with E-state index < -0.39 is 0 Å². The third-order valence-corrected chi connectivity index (χ3v) is 2.00. The van der Waals surface area contributed by atoms with E-state index in [1.54, 1.807) is 18.5 Å². The Morgan fingerprint density at radius 2 is 1.69 bits per heavy atom. The quantitative estimate of drug-likeness (QED) is 0.838. The highest BCUT2D eigenvalue weighted by molar-refractivity contribution is 5.37. The molecule has 1 N–H and O–H groups in total. The molecule has 0 bridgehead atoms. The number of rotatable bonds is 2. The standard InChI is InChI=1S/C12H12N2O2/c1-8-3-10(15)5-11(4-8)16-12-13-6-9(2)7-14-12/h3-7,15H,1-2H3. The lowest BCUT2D eigenvalue weighted by molar-refractivity contribution is 0.430. The predicted molar refractivity (Wildman–Crippen MR) is 59.7 cm³/mol. The zero-order valence-corrected chi connectivity index (χ0v) is 9.14. The number of ether oxygens (including phenoxy) is 1. The van der Waals surface area contributed by atoms with Gasteiger partial charge in [-0.2, -0.15) is 0 Å². The largest absolute Gasteiger partial charge is 0.508 e. The van der Waals surface area contributed by atoms with Crippen LogP contribution >= 0.6 is 0 Å². The second kappa shape index (κ2) is 4.18. The Balaban J connectivity index is 2.23. The normalized spacial score (nSPS) is 10.1. The summed E-state index contributed by atoms with van der Waals surface area (Å²) in [6, 6.07) is 5.26. The first-order valence-electron chi connectivity index (χ1n) is 4.90. The van der Waals surface area contributed by atoms with Crippen LogP contribution in [0, 0.1) is 13.8 Å². The summed E-state index contributed by atoms with van der Waals surface area (Å²) in [5.41, 5.74) is 1.89. The van der Waals surface area contributed by atoms with Gasteiger partial charge in [-0.15, -0.1) is 0 Å². The first-order valence-corrected chi connectivity index (χ1v) is 4.90. The van der Waals surface area contributed by atoms with Crippen LogP contribution in [0.4, 0.5) is 0 Å². The first kappa shape index (κ1) is 10.4. The smallest absolute Gasteiger partial charge is 0.321 e. The Labute approximate surface area is 93.6 Å². The zero-order chi connectivity index (χ0) is 11.5. The number of benzene rings is 1. The minimum absolute atomic E-state index is 0.169. The lowest BCUT2D eigenvalue weighted by atomic mass is 10.2. The Bertz CT molecular complexity index is 475. The van der Waals surface area contributed by atoms with Gasteiger partial charge in [0.2, 0.25) is 0 Å². The molecule has 0 aliphatic carbocycles. The zero-order valence-electron chi connectivity index (χ0n) is 9.14. The maximum atomic E-state index is 9.40. The lowest BCUT2D eigenvalue weighted by Crippen LogP contribution is -1.92. The molecular weight excluding hydrogens is 204 g/mol. The van der Waals surface area contributed by atoms with Crippen LogP contribution in [0.3, 0.4) is 0 Å². The first-order chi connectivity index (χ1) is 7.63. The third-order valence-electron chi connectivity index (χ3n) is 2.00. The van der Waals surface area contributed by atoms with E-state index in [1.165, 1.54) is 6.07 Å². The molecule has 0 saturated heterocycles. The molecule has 0 atom stereocenters. The van der Waals surface area contributed by atoms with Gasteiger partial charge >= 0.3 is 6.01 Å². The van der Waals surface area contributed by atoms with Crippen molar-refractivity contribution in [3.05, 3.63) is 41.7 Å². The van der Waals surface area contributed by atoms with Gasteiger partial charge in [-0.25, -0.2) is 9.97 Å². The van der Waals surface area contributed by atoms with Crippen molar-refractivity contribution in [2.24, 2.45) is 0 Å². The summed E-state index contributed by atoms with van der Waals surface area (Å²) >= 11 is 0. The van der Waals surface area contributed by atoms with Crippen LogP contribution < -0.4 is 4.74 Å². The Kier molecular flexibility index (Phi) is 2.72. The van der Waals surface area contributed by atoms with Crippen LogP contribution in [0.1, 0.15) is 11.1 Å². The number of aromatic nitrogens is 2. The molecule has 0 saturated carbocycles. The van der Waals surface area contributed by atoms with Gasteiger partial charge in [0.05, 0.1) is 0 Å². The fourth-order valence-corrected chi connectivity index (χ4v) is 1.33. The Hall–Kier alpha value is -2.10. The van der Waals surface area contributed by atoms with E-state index in [9.17, 15) is 5.11 Å². The molecule has 0 aliphatic rings. The number of phenols is 1. The number of nitrogens with zero attached hydrogens (tertiary/aromatic N) is 2. The summed E-state index contributed by atoms with van der Waals surface area (Å²) < 4.78 is 5.41. The molecule has 2 aromatic rings. The van der Waals surface area contributed by atoms with Crippen LogP contribution in [0.5, 0.6) is 17.5 Å². The summed E-state index contributed by atoms with van der Waals surface area (Å²) in [6.45, 7) is 3.78. The molecule has 1 heterocycles. The van der Waals surface area contributed by atoms with Gasteiger partial charge in [0.15, 0.2) is 0 Å². The average molecular weight is 216 g/mol. The van der Waals surface area contributed by atoms with Crippen molar-refractivity contribution < 1.29 is 9.84 Å². The summed E-state index contributed by atoms with van der Waals surface area (Å²) in [5.74, 6) is 0.698. The Morgan fingerprint density at radius 1 is 1.00 bits per heavy atom. The second-order valence-electron chi connectivity index (χ2n) is 3.65. The molecule has 4 nitrogen and oxygen atoms in total. The molecule has 1 aromatic carbocycles. The number of aryl methyl sites for hydroxylation is 2. The van der Waals surface area contributed by atoms with Gasteiger partial charge < -0.3 is 9.84 Å². The van der Waals surface area contributed by atoms with Gasteiger partial charge in [0.25, 0.3) is 0 Å². The van der Waals surface area contributed by atoms with Crippen LogP contribution in [0.2, 0.25) is 0 Å². The molecule has 1 aromatic heterocycles. The molecule has 0 unspecified atom stereocenters. The highest BCUT2D eigenvalue weighted by Gasteiger charge is 2.02. The van der Waals surface area contributed by atoms with Crippen LogP contribution in [-0.4, -0.2) is 15.1 Å². The van der Waals surface area contributed by atoms with E-state index in [1.807, 2.05) is 19.9 Å². The molecular formula is C12H12N2O2. The summed E-state index contributed by atoms with van der Waals surface area (Å²) in [6.07, 6.45) is 3.36. The summed E-state index contributed by atoms with van der Waals surface area (Å²) in [4.78, 5) is 8.04. The van der Waals surface area contributed by atoms with Gasteiger partial charge in [0, 0.05) is 18.5 Å². The van der Waals surface area contributed by atoms with Gasteiger partial charge in [0.1, 0.15) is 11.5 Å². The van der Waals surface area contributed by atoms with Crippen LogP contribution in [-0.2, 0) is 0 Å². The van der Waals surface area contributed by atoms with Gasteiger partial charge in [-0.3, -0.25) is 0 Å². The van der Waals surface area contributed by atoms with E-state index in [0.717, 1.165) is 11.1 Å². The van der Waals surface area contributed by atoms with E-state index in [0.29, 0.717) is 5.75 Å². The van der Waals surface area contributed by atoms with E-state index >= 15 is 0 Å². The molecule has 0 aliphatic heterocycles. The fourth-order valence-electron chi connectivity index (χ4n) is 1.33. The molecule has 0 amide bonds.